The fourth-order valence-corrected chi connectivity index (χ4v) is 2.88. The van der Waals surface area contributed by atoms with Crippen LogP contribution >= 0.6 is 11.6 Å². The van der Waals surface area contributed by atoms with Crippen LogP contribution in [0.1, 0.15) is 36.5 Å². The van der Waals surface area contributed by atoms with Crippen molar-refractivity contribution in [3.63, 3.8) is 0 Å². The predicted octanol–water partition coefficient (Wildman–Crippen LogP) is 3.25. The summed E-state index contributed by atoms with van der Waals surface area (Å²) in [7, 11) is 0. The third-order valence-electron chi connectivity index (χ3n) is 4.21. The molecule has 9 heteroatoms. The molecule has 2 N–H and O–H groups in total. The van der Waals surface area contributed by atoms with Gasteiger partial charge in [0.25, 0.3) is 5.91 Å². The molecule has 30 heavy (non-hydrogen) atoms. The Kier molecular flexibility index (Phi) is 7.13. The van der Waals surface area contributed by atoms with E-state index >= 15 is 0 Å². The number of rotatable bonds is 8. The Morgan fingerprint density at radius 1 is 1.13 bits per heavy atom. The molecule has 2 aromatic heterocycles. The first-order valence-electron chi connectivity index (χ1n) is 9.50. The molecule has 2 heterocycles. The zero-order chi connectivity index (χ0) is 21.5. The molecule has 1 unspecified atom stereocenters. The number of nitrogens with zero attached hydrogens (tertiary/aromatic N) is 3. The highest BCUT2D eigenvalue weighted by atomic mass is 35.5. The first kappa shape index (κ1) is 21.4. The third-order valence-corrected chi connectivity index (χ3v) is 4.46. The van der Waals surface area contributed by atoms with Crippen molar-refractivity contribution in [2.24, 2.45) is 5.92 Å². The summed E-state index contributed by atoms with van der Waals surface area (Å²) in [5.41, 5.74) is 1.00. The van der Waals surface area contributed by atoms with Crippen LogP contribution in [-0.2, 0) is 11.3 Å². The number of hydrogen-bond acceptors (Lipinski definition) is 6. The molecule has 0 aliphatic rings. The van der Waals surface area contributed by atoms with Crippen molar-refractivity contribution in [1.82, 2.24) is 25.8 Å². The number of hydrogen-bond donors (Lipinski definition) is 2. The van der Waals surface area contributed by atoms with Crippen molar-refractivity contribution in [3.8, 4) is 11.5 Å². The molecule has 0 saturated heterocycles. The molecule has 0 spiro atoms. The second kappa shape index (κ2) is 9.98. The summed E-state index contributed by atoms with van der Waals surface area (Å²) in [5.74, 6) is 0.114. The minimum atomic E-state index is -0.702. The number of benzene rings is 1. The van der Waals surface area contributed by atoms with E-state index in [2.05, 4.69) is 25.8 Å². The zero-order valence-electron chi connectivity index (χ0n) is 16.6. The molecule has 2 amide bonds. The zero-order valence-corrected chi connectivity index (χ0v) is 17.4. The number of carbonyl (C=O) groups excluding carboxylic acids is 2. The normalized spacial score (nSPS) is 11.9. The van der Waals surface area contributed by atoms with E-state index in [1.54, 1.807) is 42.6 Å². The molecule has 0 bridgehead atoms. The van der Waals surface area contributed by atoms with Crippen LogP contribution in [0.4, 0.5) is 0 Å². The van der Waals surface area contributed by atoms with Crippen LogP contribution < -0.4 is 10.6 Å². The van der Waals surface area contributed by atoms with Gasteiger partial charge in [0, 0.05) is 16.8 Å². The number of nitrogens with one attached hydrogen (secondary N) is 2. The lowest BCUT2D eigenvalue weighted by atomic mass is 10.0. The highest BCUT2D eigenvalue weighted by molar-refractivity contribution is 6.30. The fraction of sp³-hybridized carbons (Fsp3) is 0.286. The molecule has 1 atom stereocenters. The van der Waals surface area contributed by atoms with E-state index in [0.717, 1.165) is 0 Å². The molecule has 156 valence electrons. The van der Waals surface area contributed by atoms with Crippen molar-refractivity contribution in [3.05, 3.63) is 65.1 Å². The van der Waals surface area contributed by atoms with Crippen LogP contribution in [0.5, 0.6) is 0 Å². The van der Waals surface area contributed by atoms with E-state index in [1.165, 1.54) is 0 Å². The largest absolute Gasteiger partial charge is 0.345 e. The Labute approximate surface area is 179 Å². The highest BCUT2D eigenvalue weighted by Gasteiger charge is 2.23. The van der Waals surface area contributed by atoms with E-state index in [1.807, 2.05) is 19.9 Å². The van der Waals surface area contributed by atoms with E-state index in [0.29, 0.717) is 28.5 Å². The Morgan fingerprint density at radius 2 is 1.90 bits per heavy atom. The number of halogens is 1. The SMILES string of the molecule is CC(C)CC(NC(=O)c1ccc(Cl)cc1)C(=O)NCc1nc(-c2ccccn2)no1. The first-order valence-corrected chi connectivity index (χ1v) is 9.88. The maximum Gasteiger partial charge on any atom is 0.251 e. The minimum Gasteiger partial charge on any atom is -0.345 e. The molecule has 0 aliphatic carbocycles. The quantitative estimate of drug-likeness (QED) is 0.571. The van der Waals surface area contributed by atoms with Crippen molar-refractivity contribution < 1.29 is 14.1 Å². The lowest BCUT2D eigenvalue weighted by Gasteiger charge is -2.20. The van der Waals surface area contributed by atoms with Gasteiger partial charge in [-0.3, -0.25) is 14.6 Å². The molecular weight excluding hydrogens is 406 g/mol. The minimum absolute atomic E-state index is 0.0457. The number of carbonyl (C=O) groups is 2. The Hall–Kier alpha value is -3.26. The van der Waals surface area contributed by atoms with Crippen molar-refractivity contribution in [2.45, 2.75) is 32.9 Å². The Morgan fingerprint density at radius 3 is 2.57 bits per heavy atom. The summed E-state index contributed by atoms with van der Waals surface area (Å²) < 4.78 is 5.18. The Bertz CT molecular complexity index is 989. The van der Waals surface area contributed by atoms with E-state index in [9.17, 15) is 9.59 Å². The van der Waals surface area contributed by atoms with Gasteiger partial charge in [-0.25, -0.2) is 0 Å². The molecule has 0 radical (unpaired) electrons. The lowest BCUT2D eigenvalue weighted by Crippen LogP contribution is -2.47. The highest BCUT2D eigenvalue weighted by Crippen LogP contribution is 2.13. The van der Waals surface area contributed by atoms with Gasteiger partial charge >= 0.3 is 0 Å². The van der Waals surface area contributed by atoms with Gasteiger partial charge in [-0.2, -0.15) is 4.98 Å². The average Bonchev–Trinajstić information content (AvgIpc) is 3.21. The molecular formula is C21H22ClN5O3. The molecule has 0 saturated carbocycles. The fourth-order valence-electron chi connectivity index (χ4n) is 2.76. The maximum atomic E-state index is 12.7. The average molecular weight is 428 g/mol. The van der Waals surface area contributed by atoms with Gasteiger partial charge in [-0.15, -0.1) is 0 Å². The van der Waals surface area contributed by atoms with Crippen molar-refractivity contribution in [1.29, 1.82) is 0 Å². The van der Waals surface area contributed by atoms with Gasteiger partial charge < -0.3 is 15.2 Å². The van der Waals surface area contributed by atoms with Crippen LogP contribution in [0.25, 0.3) is 11.5 Å². The van der Waals surface area contributed by atoms with Gasteiger partial charge in [0.15, 0.2) is 0 Å². The van der Waals surface area contributed by atoms with Crippen molar-refractivity contribution >= 4 is 23.4 Å². The van der Waals surface area contributed by atoms with E-state index in [-0.39, 0.29) is 30.2 Å². The van der Waals surface area contributed by atoms with Gasteiger partial charge in [0.1, 0.15) is 11.7 Å². The molecule has 3 aromatic rings. The van der Waals surface area contributed by atoms with Gasteiger partial charge in [0.2, 0.25) is 17.6 Å². The Balaban J connectivity index is 1.62. The monoisotopic (exact) mass is 427 g/mol. The van der Waals surface area contributed by atoms with Crippen molar-refractivity contribution in [2.75, 3.05) is 0 Å². The van der Waals surface area contributed by atoms with Crippen LogP contribution in [0.3, 0.4) is 0 Å². The van der Waals surface area contributed by atoms with Crippen LogP contribution in [0.2, 0.25) is 5.02 Å². The lowest BCUT2D eigenvalue weighted by molar-refractivity contribution is -0.123. The number of amides is 2. The summed E-state index contributed by atoms with van der Waals surface area (Å²) in [5, 5.41) is 9.93. The number of aromatic nitrogens is 3. The van der Waals surface area contributed by atoms with E-state index in [4.69, 9.17) is 16.1 Å². The first-order chi connectivity index (χ1) is 14.4. The smallest absolute Gasteiger partial charge is 0.251 e. The number of pyridine rings is 1. The summed E-state index contributed by atoms with van der Waals surface area (Å²) >= 11 is 5.86. The predicted molar refractivity (Wildman–Crippen MR) is 112 cm³/mol. The van der Waals surface area contributed by atoms with Gasteiger partial charge in [-0.05, 0) is 48.7 Å². The summed E-state index contributed by atoms with van der Waals surface area (Å²) in [4.78, 5) is 33.6. The van der Waals surface area contributed by atoms with Gasteiger partial charge in [0.05, 0.1) is 6.54 Å². The molecule has 8 nitrogen and oxygen atoms in total. The van der Waals surface area contributed by atoms with Crippen LogP contribution in [0.15, 0.2) is 53.2 Å². The molecule has 0 fully saturated rings. The molecule has 3 rings (SSSR count). The second-order valence-corrected chi connectivity index (χ2v) is 7.54. The van der Waals surface area contributed by atoms with Crippen LogP contribution in [0, 0.1) is 5.92 Å². The van der Waals surface area contributed by atoms with Gasteiger partial charge in [-0.1, -0.05) is 36.7 Å². The third kappa shape index (κ3) is 5.87. The topological polar surface area (TPSA) is 110 Å². The van der Waals surface area contributed by atoms with Crippen LogP contribution in [-0.4, -0.2) is 33.0 Å². The summed E-state index contributed by atoms with van der Waals surface area (Å²) in [6, 6.07) is 11.1. The summed E-state index contributed by atoms with van der Waals surface area (Å²) in [6.07, 6.45) is 2.11. The summed E-state index contributed by atoms with van der Waals surface area (Å²) in [6.45, 7) is 4.00. The standard InChI is InChI=1S/C21H22ClN5O3/c1-13(2)11-17(25-20(28)14-6-8-15(22)9-7-14)21(29)24-12-18-26-19(27-30-18)16-5-3-4-10-23-16/h3-10,13,17H,11-12H2,1-2H3,(H,24,29)(H,25,28). The van der Waals surface area contributed by atoms with E-state index < -0.39 is 6.04 Å². The maximum absolute atomic E-state index is 12.7. The molecule has 1 aromatic carbocycles. The molecule has 0 aliphatic heterocycles. The second-order valence-electron chi connectivity index (χ2n) is 7.11.